The lowest BCUT2D eigenvalue weighted by Crippen LogP contribution is -2.29. The summed E-state index contributed by atoms with van der Waals surface area (Å²) in [6.45, 7) is 9.13. The summed E-state index contributed by atoms with van der Waals surface area (Å²) in [6.07, 6.45) is 0. The fourth-order valence-electron chi connectivity index (χ4n) is 2.28. The van der Waals surface area contributed by atoms with Crippen LogP contribution in [0.25, 0.3) is 0 Å². The molecule has 0 spiro atoms. The third-order valence-corrected chi connectivity index (χ3v) is 4.74. The number of aryl methyl sites for hydroxylation is 3. The van der Waals surface area contributed by atoms with Crippen LogP contribution in [0.4, 0.5) is 0 Å². The number of nitrogens with two attached hydrogens (primary N) is 1. The predicted octanol–water partition coefficient (Wildman–Crippen LogP) is 3.42. The topological polar surface area (TPSA) is 50.9 Å². The molecule has 1 aromatic heterocycles. The van der Waals surface area contributed by atoms with Crippen LogP contribution in [-0.2, 0) is 0 Å². The van der Waals surface area contributed by atoms with Crippen molar-refractivity contribution >= 4 is 11.3 Å². The normalized spacial score (nSPS) is 14.2. The molecule has 0 aliphatic rings. The Bertz CT molecular complexity index is 560. The summed E-state index contributed by atoms with van der Waals surface area (Å²) in [5.74, 6) is 0. The molecule has 3 N–H and O–H groups in total. The van der Waals surface area contributed by atoms with Gasteiger partial charge in [0, 0.05) is 23.5 Å². The molecule has 0 aliphatic heterocycles. The average molecular weight is 289 g/mol. The molecule has 1 heterocycles. The van der Waals surface area contributed by atoms with Crippen LogP contribution in [0.15, 0.2) is 24.3 Å². The molecule has 3 nitrogen and oxygen atoms in total. The van der Waals surface area contributed by atoms with Crippen molar-refractivity contribution in [3.8, 4) is 0 Å². The first-order valence-corrected chi connectivity index (χ1v) is 7.78. The van der Waals surface area contributed by atoms with Gasteiger partial charge in [0.15, 0.2) is 0 Å². The van der Waals surface area contributed by atoms with Crippen molar-refractivity contribution in [1.82, 2.24) is 10.3 Å². The van der Waals surface area contributed by atoms with Gasteiger partial charge in [0.05, 0.1) is 10.7 Å². The Hall–Kier alpha value is -1.23. The number of hydrogen-bond acceptors (Lipinski definition) is 4. The van der Waals surface area contributed by atoms with E-state index in [1.165, 1.54) is 16.0 Å². The molecule has 0 fully saturated rings. The largest absolute Gasteiger partial charge is 0.323 e. The molecule has 2 aromatic rings. The van der Waals surface area contributed by atoms with E-state index in [4.69, 9.17) is 5.73 Å². The van der Waals surface area contributed by atoms with Gasteiger partial charge in [0.2, 0.25) is 0 Å². The van der Waals surface area contributed by atoms with Gasteiger partial charge < -0.3 is 11.1 Å². The number of thiazole rings is 1. The molecule has 2 unspecified atom stereocenters. The number of nitrogens with zero attached hydrogens (tertiary/aromatic N) is 1. The molecular formula is C16H23N3S. The molecule has 0 amide bonds. The zero-order valence-corrected chi connectivity index (χ0v) is 13.4. The molecular weight excluding hydrogens is 266 g/mol. The SMILES string of the molecule is Cc1ccc(C(N)CNC(C)c2sc(C)nc2C)cc1. The lowest BCUT2D eigenvalue weighted by molar-refractivity contribution is 0.530. The van der Waals surface area contributed by atoms with Gasteiger partial charge in [0.1, 0.15) is 0 Å². The van der Waals surface area contributed by atoms with E-state index in [0.29, 0.717) is 0 Å². The molecule has 20 heavy (non-hydrogen) atoms. The maximum Gasteiger partial charge on any atom is 0.0900 e. The maximum atomic E-state index is 6.24. The van der Waals surface area contributed by atoms with Crippen LogP contribution in [0, 0.1) is 20.8 Å². The van der Waals surface area contributed by atoms with Crippen molar-refractivity contribution in [3.05, 3.63) is 51.0 Å². The van der Waals surface area contributed by atoms with Gasteiger partial charge >= 0.3 is 0 Å². The van der Waals surface area contributed by atoms with Gasteiger partial charge in [-0.2, -0.15) is 0 Å². The predicted molar refractivity (Wildman–Crippen MR) is 86.1 cm³/mol. The summed E-state index contributed by atoms with van der Waals surface area (Å²) in [5, 5.41) is 4.63. The number of aromatic nitrogens is 1. The van der Waals surface area contributed by atoms with E-state index < -0.39 is 0 Å². The van der Waals surface area contributed by atoms with Crippen LogP contribution in [0.5, 0.6) is 0 Å². The molecule has 0 saturated carbocycles. The first-order chi connectivity index (χ1) is 9.47. The van der Waals surface area contributed by atoms with Crippen LogP contribution in [-0.4, -0.2) is 11.5 Å². The summed E-state index contributed by atoms with van der Waals surface area (Å²) in [7, 11) is 0. The first kappa shape index (κ1) is 15.2. The molecule has 0 saturated heterocycles. The molecule has 0 aliphatic carbocycles. The van der Waals surface area contributed by atoms with Crippen molar-refractivity contribution in [2.24, 2.45) is 5.73 Å². The van der Waals surface area contributed by atoms with E-state index in [-0.39, 0.29) is 12.1 Å². The van der Waals surface area contributed by atoms with Gasteiger partial charge in [-0.05, 0) is 33.3 Å². The standard InChI is InChI=1S/C16H23N3S/c1-10-5-7-14(8-6-10)15(17)9-18-11(2)16-12(3)19-13(4)20-16/h5-8,11,15,18H,9,17H2,1-4H3. The highest BCUT2D eigenvalue weighted by Gasteiger charge is 2.14. The summed E-state index contributed by atoms with van der Waals surface area (Å²) in [5.41, 5.74) is 9.80. The minimum absolute atomic E-state index is 0.0207. The second-order valence-corrected chi connectivity index (χ2v) is 6.56. The van der Waals surface area contributed by atoms with Gasteiger partial charge in [0.25, 0.3) is 0 Å². The average Bonchev–Trinajstić information content (AvgIpc) is 2.75. The maximum absolute atomic E-state index is 6.24. The van der Waals surface area contributed by atoms with Crippen molar-refractivity contribution in [1.29, 1.82) is 0 Å². The molecule has 0 radical (unpaired) electrons. The third kappa shape index (κ3) is 3.66. The second kappa shape index (κ2) is 6.48. The Labute approximate surface area is 125 Å². The van der Waals surface area contributed by atoms with E-state index in [2.05, 4.69) is 55.3 Å². The zero-order chi connectivity index (χ0) is 14.7. The minimum Gasteiger partial charge on any atom is -0.323 e. The van der Waals surface area contributed by atoms with Crippen LogP contribution in [0.2, 0.25) is 0 Å². The summed E-state index contributed by atoms with van der Waals surface area (Å²) < 4.78 is 0. The molecule has 2 atom stereocenters. The van der Waals surface area contributed by atoms with E-state index in [1.54, 1.807) is 11.3 Å². The first-order valence-electron chi connectivity index (χ1n) is 6.97. The van der Waals surface area contributed by atoms with Crippen molar-refractivity contribution in [2.75, 3.05) is 6.54 Å². The minimum atomic E-state index is 0.0207. The molecule has 1 aromatic carbocycles. The lowest BCUT2D eigenvalue weighted by Gasteiger charge is -2.17. The van der Waals surface area contributed by atoms with Crippen LogP contribution < -0.4 is 11.1 Å². The van der Waals surface area contributed by atoms with Crippen LogP contribution >= 0.6 is 11.3 Å². The van der Waals surface area contributed by atoms with Gasteiger partial charge in [-0.1, -0.05) is 29.8 Å². The number of rotatable bonds is 5. The fraction of sp³-hybridized carbons (Fsp3) is 0.438. The second-order valence-electron chi connectivity index (χ2n) is 5.33. The van der Waals surface area contributed by atoms with Gasteiger partial charge in [-0.15, -0.1) is 11.3 Å². The Morgan fingerprint density at radius 3 is 2.40 bits per heavy atom. The highest BCUT2D eigenvalue weighted by atomic mass is 32.1. The third-order valence-electron chi connectivity index (χ3n) is 3.48. The van der Waals surface area contributed by atoms with Gasteiger partial charge in [-0.25, -0.2) is 4.98 Å². The number of hydrogen-bond donors (Lipinski definition) is 2. The Balaban J connectivity index is 1.94. The van der Waals surface area contributed by atoms with Crippen LogP contribution in [0.3, 0.4) is 0 Å². The van der Waals surface area contributed by atoms with E-state index >= 15 is 0 Å². The summed E-state index contributed by atoms with van der Waals surface area (Å²) >= 11 is 1.76. The van der Waals surface area contributed by atoms with Crippen LogP contribution in [0.1, 0.15) is 45.7 Å². The van der Waals surface area contributed by atoms with Crippen molar-refractivity contribution in [2.45, 2.75) is 39.8 Å². The molecule has 108 valence electrons. The molecule has 0 bridgehead atoms. The Morgan fingerprint density at radius 2 is 1.85 bits per heavy atom. The summed E-state index contributed by atoms with van der Waals surface area (Å²) in [6, 6.07) is 8.73. The number of benzene rings is 1. The zero-order valence-electron chi connectivity index (χ0n) is 12.6. The smallest absolute Gasteiger partial charge is 0.0900 e. The highest BCUT2D eigenvalue weighted by molar-refractivity contribution is 7.11. The Kier molecular flexibility index (Phi) is 4.91. The van der Waals surface area contributed by atoms with E-state index in [1.807, 2.05) is 6.92 Å². The fourth-order valence-corrected chi connectivity index (χ4v) is 3.23. The van der Waals surface area contributed by atoms with E-state index in [0.717, 1.165) is 17.2 Å². The van der Waals surface area contributed by atoms with Gasteiger partial charge in [-0.3, -0.25) is 0 Å². The van der Waals surface area contributed by atoms with E-state index in [9.17, 15) is 0 Å². The van der Waals surface area contributed by atoms with Crippen molar-refractivity contribution < 1.29 is 0 Å². The van der Waals surface area contributed by atoms with Crippen molar-refractivity contribution in [3.63, 3.8) is 0 Å². The monoisotopic (exact) mass is 289 g/mol. The molecule has 4 heteroatoms. The number of nitrogens with one attached hydrogen (secondary N) is 1. The highest BCUT2D eigenvalue weighted by Crippen LogP contribution is 2.24. The summed E-state index contributed by atoms with van der Waals surface area (Å²) in [4.78, 5) is 5.78. The molecule has 2 rings (SSSR count). The lowest BCUT2D eigenvalue weighted by atomic mass is 10.1. The quantitative estimate of drug-likeness (QED) is 0.886. The Morgan fingerprint density at radius 1 is 1.20 bits per heavy atom.